The van der Waals surface area contributed by atoms with E-state index in [1.807, 2.05) is 13.8 Å². The first kappa shape index (κ1) is 18.7. The number of nitrogens with two attached hydrogens (primary N) is 1. The van der Waals surface area contributed by atoms with Crippen molar-refractivity contribution in [2.24, 2.45) is 17.0 Å². The molecule has 1 aromatic rings. The van der Waals surface area contributed by atoms with Crippen LogP contribution in [0.3, 0.4) is 0 Å². The van der Waals surface area contributed by atoms with E-state index in [9.17, 15) is 8.42 Å². The van der Waals surface area contributed by atoms with E-state index in [0.29, 0.717) is 11.5 Å². The topological polar surface area (TPSA) is 78.6 Å². The summed E-state index contributed by atoms with van der Waals surface area (Å²) in [7, 11) is -1.95. The summed E-state index contributed by atoms with van der Waals surface area (Å²) in [5.74, 6) is 1.16. The molecule has 0 heterocycles. The minimum absolute atomic E-state index is 0.0976. The molecule has 0 amide bonds. The summed E-state index contributed by atoms with van der Waals surface area (Å²) in [4.78, 5) is 0. The molecule has 5 nitrogen and oxygen atoms in total. The monoisotopic (exact) mass is 443 g/mol. The molecule has 0 saturated heterocycles. The van der Waals surface area contributed by atoms with Crippen LogP contribution in [0.15, 0.2) is 21.1 Å². The molecule has 1 rings (SSSR count). The van der Waals surface area contributed by atoms with Gasteiger partial charge in [-0.3, -0.25) is 0 Å². The Bertz CT molecular complexity index is 590. The standard InChI is InChI=1S/C13H19Br2NO4S/c1-8(2)9(7-21(16,17)18)6-20-13-5-10(14)12(19-3)4-11(13)15/h4-5,8-9H,6-7H2,1-3H3,(H2,16,17,18). The summed E-state index contributed by atoms with van der Waals surface area (Å²) in [6, 6.07) is 3.56. The fraction of sp³-hybridized carbons (Fsp3) is 0.538. The highest BCUT2D eigenvalue weighted by molar-refractivity contribution is 9.11. The first-order valence-electron chi connectivity index (χ1n) is 6.30. The summed E-state index contributed by atoms with van der Waals surface area (Å²) in [5, 5.41) is 5.12. The molecular formula is C13H19Br2NO4S. The second-order valence-corrected chi connectivity index (χ2v) is 8.43. The maximum atomic E-state index is 11.3. The summed E-state index contributed by atoms with van der Waals surface area (Å²) < 4.78 is 34.9. The second kappa shape index (κ2) is 7.80. The van der Waals surface area contributed by atoms with Crippen LogP contribution >= 0.6 is 31.9 Å². The van der Waals surface area contributed by atoms with Gasteiger partial charge in [-0.1, -0.05) is 13.8 Å². The minimum atomic E-state index is -3.52. The van der Waals surface area contributed by atoms with Crippen molar-refractivity contribution in [3.63, 3.8) is 0 Å². The zero-order chi connectivity index (χ0) is 16.2. The number of ether oxygens (including phenoxy) is 2. The van der Waals surface area contributed by atoms with Crippen molar-refractivity contribution in [3.8, 4) is 11.5 Å². The number of rotatable bonds is 7. The van der Waals surface area contributed by atoms with Crippen molar-refractivity contribution in [1.29, 1.82) is 0 Å². The van der Waals surface area contributed by atoms with Crippen molar-refractivity contribution >= 4 is 41.9 Å². The van der Waals surface area contributed by atoms with E-state index in [2.05, 4.69) is 31.9 Å². The smallest absolute Gasteiger partial charge is 0.209 e. The Labute approximate surface area is 142 Å². The number of hydrogen-bond acceptors (Lipinski definition) is 4. The molecule has 0 fully saturated rings. The number of primary sulfonamides is 1. The Kier molecular flexibility index (Phi) is 6.96. The maximum absolute atomic E-state index is 11.3. The molecule has 0 aliphatic carbocycles. The number of hydrogen-bond donors (Lipinski definition) is 1. The molecule has 0 saturated carbocycles. The Morgan fingerprint density at radius 3 is 2.19 bits per heavy atom. The zero-order valence-electron chi connectivity index (χ0n) is 12.1. The van der Waals surface area contributed by atoms with E-state index in [1.165, 1.54) is 0 Å². The molecule has 1 unspecified atom stereocenters. The van der Waals surface area contributed by atoms with Crippen LogP contribution in [0.25, 0.3) is 0 Å². The molecule has 0 spiro atoms. The Hall–Kier alpha value is -0.310. The molecule has 2 N–H and O–H groups in total. The van der Waals surface area contributed by atoms with Gasteiger partial charge >= 0.3 is 0 Å². The lowest BCUT2D eigenvalue weighted by Gasteiger charge is -2.21. The van der Waals surface area contributed by atoms with Gasteiger partial charge in [-0.05, 0) is 49.9 Å². The van der Waals surface area contributed by atoms with Gasteiger partial charge in [0.2, 0.25) is 10.0 Å². The summed E-state index contributed by atoms with van der Waals surface area (Å²) >= 11 is 6.79. The quantitative estimate of drug-likeness (QED) is 0.700. The molecule has 1 aromatic carbocycles. The van der Waals surface area contributed by atoms with Crippen LogP contribution in [0.5, 0.6) is 11.5 Å². The number of halogens is 2. The van der Waals surface area contributed by atoms with Crippen LogP contribution in [0.1, 0.15) is 13.8 Å². The van der Waals surface area contributed by atoms with Gasteiger partial charge in [-0.2, -0.15) is 0 Å². The summed E-state index contributed by atoms with van der Waals surface area (Å²) in [6.07, 6.45) is 0. The van der Waals surface area contributed by atoms with Crippen molar-refractivity contribution in [1.82, 2.24) is 0 Å². The van der Waals surface area contributed by atoms with Gasteiger partial charge in [0.05, 0.1) is 28.4 Å². The summed E-state index contributed by atoms with van der Waals surface area (Å²) in [5.41, 5.74) is 0. The molecule has 21 heavy (non-hydrogen) atoms. The molecule has 0 bridgehead atoms. The zero-order valence-corrected chi connectivity index (χ0v) is 16.1. The van der Waals surface area contributed by atoms with Crippen molar-refractivity contribution < 1.29 is 17.9 Å². The average Bonchev–Trinajstić information content (AvgIpc) is 2.36. The molecule has 0 radical (unpaired) electrons. The lowest BCUT2D eigenvalue weighted by atomic mass is 9.99. The Morgan fingerprint density at radius 1 is 1.19 bits per heavy atom. The lowest BCUT2D eigenvalue weighted by Crippen LogP contribution is -2.30. The van der Waals surface area contributed by atoms with Gasteiger partial charge in [0.15, 0.2) is 0 Å². The van der Waals surface area contributed by atoms with Gasteiger partial charge in [-0.15, -0.1) is 0 Å². The number of methoxy groups -OCH3 is 1. The highest BCUT2D eigenvalue weighted by Crippen LogP contribution is 2.36. The molecule has 8 heteroatoms. The molecular weight excluding hydrogens is 426 g/mol. The third kappa shape index (κ3) is 6.14. The third-order valence-corrected chi connectivity index (χ3v) is 5.18. The van der Waals surface area contributed by atoms with E-state index in [4.69, 9.17) is 14.6 Å². The second-order valence-electron chi connectivity index (χ2n) is 5.06. The van der Waals surface area contributed by atoms with Crippen molar-refractivity contribution in [2.45, 2.75) is 13.8 Å². The molecule has 120 valence electrons. The van der Waals surface area contributed by atoms with Gasteiger partial charge in [0.1, 0.15) is 11.5 Å². The lowest BCUT2D eigenvalue weighted by molar-refractivity contribution is 0.223. The van der Waals surface area contributed by atoms with Crippen molar-refractivity contribution in [2.75, 3.05) is 19.5 Å². The van der Waals surface area contributed by atoms with Crippen LogP contribution < -0.4 is 14.6 Å². The molecule has 0 aliphatic heterocycles. The number of benzene rings is 1. The van der Waals surface area contributed by atoms with E-state index in [0.717, 1.165) is 8.95 Å². The normalized spacial score (nSPS) is 13.3. The van der Waals surface area contributed by atoms with E-state index < -0.39 is 10.0 Å². The predicted octanol–water partition coefficient (Wildman–Crippen LogP) is 3.16. The minimum Gasteiger partial charge on any atom is -0.496 e. The SMILES string of the molecule is COc1cc(Br)c(OCC(CS(N)(=O)=O)C(C)C)cc1Br. The highest BCUT2D eigenvalue weighted by Gasteiger charge is 2.21. The van der Waals surface area contributed by atoms with Gasteiger partial charge < -0.3 is 9.47 Å². The fourth-order valence-electron chi connectivity index (χ4n) is 1.71. The first-order chi connectivity index (χ1) is 9.64. The van der Waals surface area contributed by atoms with Crippen LogP contribution in [0.4, 0.5) is 0 Å². The van der Waals surface area contributed by atoms with Gasteiger partial charge in [0.25, 0.3) is 0 Å². The number of sulfonamides is 1. The van der Waals surface area contributed by atoms with Crippen LogP contribution in [-0.2, 0) is 10.0 Å². The van der Waals surface area contributed by atoms with Gasteiger partial charge in [0, 0.05) is 5.92 Å². The van der Waals surface area contributed by atoms with Gasteiger partial charge in [-0.25, -0.2) is 13.6 Å². The summed E-state index contributed by atoms with van der Waals surface area (Å²) in [6.45, 7) is 4.15. The Morgan fingerprint density at radius 2 is 1.71 bits per heavy atom. The molecule has 0 aliphatic rings. The maximum Gasteiger partial charge on any atom is 0.209 e. The fourth-order valence-corrected chi connectivity index (χ4v) is 3.70. The van der Waals surface area contributed by atoms with Crippen LogP contribution in [-0.4, -0.2) is 27.9 Å². The van der Waals surface area contributed by atoms with E-state index >= 15 is 0 Å². The predicted molar refractivity (Wildman–Crippen MR) is 90.2 cm³/mol. The van der Waals surface area contributed by atoms with Crippen LogP contribution in [0, 0.1) is 11.8 Å². The molecule has 0 aromatic heterocycles. The van der Waals surface area contributed by atoms with Crippen LogP contribution in [0.2, 0.25) is 0 Å². The van der Waals surface area contributed by atoms with Crippen molar-refractivity contribution in [3.05, 3.63) is 21.1 Å². The first-order valence-corrected chi connectivity index (χ1v) is 9.60. The third-order valence-electron chi connectivity index (χ3n) is 3.05. The van der Waals surface area contributed by atoms with E-state index in [-0.39, 0.29) is 24.2 Å². The molecule has 1 atom stereocenters. The average molecular weight is 445 g/mol. The largest absolute Gasteiger partial charge is 0.496 e. The van der Waals surface area contributed by atoms with E-state index in [1.54, 1.807) is 19.2 Å². The Balaban J connectivity index is 2.83. The highest BCUT2D eigenvalue weighted by atomic mass is 79.9.